The van der Waals surface area contributed by atoms with Gasteiger partial charge in [0, 0.05) is 42.3 Å². The number of benzene rings is 1. The molecular formula is C25H29N5O4. The number of aromatic nitrogens is 3. The summed E-state index contributed by atoms with van der Waals surface area (Å²) in [6.07, 6.45) is 7.09. The molecule has 3 heterocycles. The molecule has 1 aliphatic carbocycles. The number of likely N-dealkylation sites (tertiary alicyclic amines) is 1. The SMILES string of the molecule is COc1ccc(Cn2ncc3cc(C(=O)N4CCCC(C(=O)NC5CC5)C4)cnc32)c(OC)c1. The summed E-state index contributed by atoms with van der Waals surface area (Å²) in [6.45, 7) is 1.58. The lowest BCUT2D eigenvalue weighted by molar-refractivity contribution is -0.126. The molecule has 5 rings (SSSR count). The standard InChI is InChI=1S/C25H29N5O4/c1-33-21-8-5-16(22(11-21)34-2)15-30-23-18(13-27-30)10-19(12-26-23)25(32)29-9-3-4-17(14-29)24(31)28-20-6-7-20/h5,8,10-13,17,20H,3-4,6-7,9,14-15H2,1-2H3,(H,28,31). The van der Waals surface area contributed by atoms with Crippen molar-refractivity contribution in [1.29, 1.82) is 0 Å². The summed E-state index contributed by atoms with van der Waals surface area (Å²) < 4.78 is 12.6. The number of rotatable bonds is 7. The van der Waals surface area contributed by atoms with Crippen molar-refractivity contribution < 1.29 is 19.1 Å². The molecule has 2 fully saturated rings. The summed E-state index contributed by atoms with van der Waals surface area (Å²) >= 11 is 0. The highest BCUT2D eigenvalue weighted by Crippen LogP contribution is 2.27. The zero-order chi connectivity index (χ0) is 23.7. The van der Waals surface area contributed by atoms with E-state index in [0.29, 0.717) is 42.6 Å². The molecule has 1 saturated carbocycles. The number of ether oxygens (including phenoxy) is 2. The van der Waals surface area contributed by atoms with E-state index in [1.54, 1.807) is 36.2 Å². The second-order valence-corrected chi connectivity index (χ2v) is 8.99. The summed E-state index contributed by atoms with van der Waals surface area (Å²) in [5.41, 5.74) is 2.14. The van der Waals surface area contributed by atoms with Gasteiger partial charge in [-0.3, -0.25) is 9.59 Å². The minimum absolute atomic E-state index is 0.0730. The van der Waals surface area contributed by atoms with Crippen LogP contribution in [0.5, 0.6) is 11.5 Å². The van der Waals surface area contributed by atoms with Gasteiger partial charge in [-0.15, -0.1) is 0 Å². The lowest BCUT2D eigenvalue weighted by Crippen LogP contribution is -2.45. The molecule has 0 spiro atoms. The molecule has 2 aliphatic rings. The van der Waals surface area contributed by atoms with Gasteiger partial charge in [-0.05, 0) is 43.9 Å². The van der Waals surface area contributed by atoms with Gasteiger partial charge in [-0.25, -0.2) is 9.67 Å². The molecule has 1 saturated heterocycles. The second-order valence-electron chi connectivity index (χ2n) is 8.99. The molecule has 1 aromatic carbocycles. The van der Waals surface area contributed by atoms with E-state index in [4.69, 9.17) is 9.47 Å². The number of hydrogen-bond acceptors (Lipinski definition) is 6. The van der Waals surface area contributed by atoms with Crippen LogP contribution in [-0.4, -0.2) is 64.8 Å². The van der Waals surface area contributed by atoms with Gasteiger partial charge >= 0.3 is 0 Å². The van der Waals surface area contributed by atoms with Crippen LogP contribution in [-0.2, 0) is 11.3 Å². The number of hydrogen-bond donors (Lipinski definition) is 1. The van der Waals surface area contributed by atoms with Crippen LogP contribution in [0.3, 0.4) is 0 Å². The maximum atomic E-state index is 13.2. The Labute approximate surface area is 198 Å². The fourth-order valence-corrected chi connectivity index (χ4v) is 4.45. The van der Waals surface area contributed by atoms with Crippen LogP contribution < -0.4 is 14.8 Å². The maximum Gasteiger partial charge on any atom is 0.255 e. The molecule has 34 heavy (non-hydrogen) atoms. The highest BCUT2D eigenvalue weighted by molar-refractivity contribution is 5.97. The molecule has 2 amide bonds. The van der Waals surface area contributed by atoms with E-state index < -0.39 is 0 Å². The molecule has 178 valence electrons. The first-order valence-corrected chi connectivity index (χ1v) is 11.7. The Balaban J connectivity index is 1.31. The fraction of sp³-hybridized carbons (Fsp3) is 0.440. The van der Waals surface area contributed by atoms with E-state index in [9.17, 15) is 9.59 Å². The molecule has 1 atom stereocenters. The lowest BCUT2D eigenvalue weighted by Gasteiger charge is -2.32. The monoisotopic (exact) mass is 463 g/mol. The third kappa shape index (κ3) is 4.55. The van der Waals surface area contributed by atoms with Gasteiger partial charge in [0.25, 0.3) is 5.91 Å². The first-order valence-electron chi connectivity index (χ1n) is 11.7. The zero-order valence-electron chi connectivity index (χ0n) is 19.5. The van der Waals surface area contributed by atoms with Crippen LogP contribution in [0.4, 0.5) is 0 Å². The predicted molar refractivity (Wildman–Crippen MR) is 126 cm³/mol. The Kier molecular flexibility index (Phi) is 6.08. The Morgan fingerprint density at radius 3 is 2.74 bits per heavy atom. The topological polar surface area (TPSA) is 98.6 Å². The largest absolute Gasteiger partial charge is 0.497 e. The van der Waals surface area contributed by atoms with Gasteiger partial charge in [-0.2, -0.15) is 5.10 Å². The number of nitrogens with one attached hydrogen (secondary N) is 1. The number of fused-ring (bicyclic) bond motifs is 1. The molecule has 9 heteroatoms. The smallest absolute Gasteiger partial charge is 0.255 e. The van der Waals surface area contributed by atoms with Crippen LogP contribution in [0.15, 0.2) is 36.7 Å². The van der Waals surface area contributed by atoms with Gasteiger partial charge < -0.3 is 19.7 Å². The molecule has 1 unspecified atom stereocenters. The third-order valence-electron chi connectivity index (χ3n) is 6.54. The maximum absolute atomic E-state index is 13.2. The fourth-order valence-electron chi connectivity index (χ4n) is 4.45. The number of piperidine rings is 1. The van der Waals surface area contributed by atoms with Crippen molar-refractivity contribution >= 4 is 22.8 Å². The van der Waals surface area contributed by atoms with Gasteiger partial charge in [-0.1, -0.05) is 0 Å². The van der Waals surface area contributed by atoms with E-state index >= 15 is 0 Å². The van der Waals surface area contributed by atoms with Crippen molar-refractivity contribution in [3.8, 4) is 11.5 Å². The molecule has 1 aliphatic heterocycles. The van der Waals surface area contributed by atoms with Crippen molar-refractivity contribution in [1.82, 2.24) is 25.0 Å². The lowest BCUT2D eigenvalue weighted by atomic mass is 9.96. The molecule has 0 bridgehead atoms. The van der Waals surface area contributed by atoms with Crippen molar-refractivity contribution in [2.24, 2.45) is 5.92 Å². The number of nitrogens with zero attached hydrogens (tertiary/aromatic N) is 4. The van der Waals surface area contributed by atoms with Crippen LogP contribution in [0, 0.1) is 5.92 Å². The highest BCUT2D eigenvalue weighted by atomic mass is 16.5. The van der Waals surface area contributed by atoms with Gasteiger partial charge in [0.1, 0.15) is 11.5 Å². The van der Waals surface area contributed by atoms with Crippen molar-refractivity contribution in [2.45, 2.75) is 38.3 Å². The number of methoxy groups -OCH3 is 2. The van der Waals surface area contributed by atoms with Crippen LogP contribution in [0.1, 0.15) is 41.6 Å². The summed E-state index contributed by atoms with van der Waals surface area (Å²) in [7, 11) is 3.24. The van der Waals surface area contributed by atoms with Crippen molar-refractivity contribution in [3.63, 3.8) is 0 Å². The third-order valence-corrected chi connectivity index (χ3v) is 6.54. The van der Waals surface area contributed by atoms with Crippen LogP contribution >= 0.6 is 0 Å². The van der Waals surface area contributed by atoms with E-state index in [2.05, 4.69) is 15.4 Å². The number of carbonyl (C=O) groups is 2. The molecule has 1 N–H and O–H groups in total. The number of amides is 2. The Morgan fingerprint density at radius 2 is 1.97 bits per heavy atom. The van der Waals surface area contributed by atoms with Crippen LogP contribution in [0.2, 0.25) is 0 Å². The summed E-state index contributed by atoms with van der Waals surface area (Å²) in [5, 5.41) is 8.34. The van der Waals surface area contributed by atoms with E-state index in [1.165, 1.54) is 0 Å². The minimum Gasteiger partial charge on any atom is -0.497 e. The number of carbonyl (C=O) groups excluding carboxylic acids is 2. The zero-order valence-corrected chi connectivity index (χ0v) is 19.5. The average Bonchev–Trinajstić information content (AvgIpc) is 3.61. The summed E-state index contributed by atoms with van der Waals surface area (Å²) in [4.78, 5) is 32.0. The van der Waals surface area contributed by atoms with E-state index in [0.717, 1.165) is 42.4 Å². The second kappa shape index (κ2) is 9.32. The molecule has 3 aromatic rings. The van der Waals surface area contributed by atoms with Crippen LogP contribution in [0.25, 0.3) is 11.0 Å². The number of pyridine rings is 1. The van der Waals surface area contributed by atoms with Crippen molar-refractivity contribution in [2.75, 3.05) is 27.3 Å². The predicted octanol–water partition coefficient (Wildman–Crippen LogP) is 2.63. The highest BCUT2D eigenvalue weighted by Gasteiger charge is 2.32. The van der Waals surface area contributed by atoms with Crippen molar-refractivity contribution in [3.05, 3.63) is 47.8 Å². The molecular weight excluding hydrogens is 434 g/mol. The van der Waals surface area contributed by atoms with Gasteiger partial charge in [0.15, 0.2) is 5.65 Å². The van der Waals surface area contributed by atoms with Gasteiger partial charge in [0.05, 0.1) is 38.4 Å². The van der Waals surface area contributed by atoms with Gasteiger partial charge in [0.2, 0.25) is 5.91 Å². The molecule has 0 radical (unpaired) electrons. The Bertz CT molecular complexity index is 1220. The normalized spacial score (nSPS) is 18.1. The Morgan fingerprint density at radius 1 is 1.12 bits per heavy atom. The molecule has 2 aromatic heterocycles. The first kappa shape index (κ1) is 22.2. The molecule has 9 nitrogen and oxygen atoms in total. The summed E-state index contributed by atoms with van der Waals surface area (Å²) in [5.74, 6) is 1.27. The first-order chi connectivity index (χ1) is 16.6. The summed E-state index contributed by atoms with van der Waals surface area (Å²) in [6, 6.07) is 7.81. The quantitative estimate of drug-likeness (QED) is 0.578. The van der Waals surface area contributed by atoms with E-state index in [-0.39, 0.29) is 17.7 Å². The average molecular weight is 464 g/mol. The van der Waals surface area contributed by atoms with E-state index in [1.807, 2.05) is 24.3 Å². The Hall–Kier alpha value is -3.62. The minimum atomic E-state index is -0.141.